The summed E-state index contributed by atoms with van der Waals surface area (Å²) in [4.78, 5) is 16.9. The van der Waals surface area contributed by atoms with Crippen molar-refractivity contribution >= 4 is 17.7 Å². The number of ether oxygens (including phenoxy) is 2. The number of aryl methyl sites for hydroxylation is 2. The summed E-state index contributed by atoms with van der Waals surface area (Å²) in [5, 5.41) is 12.3. The summed E-state index contributed by atoms with van der Waals surface area (Å²) < 4.78 is 11.4. The van der Waals surface area contributed by atoms with Crippen LogP contribution in [0.5, 0.6) is 11.5 Å². The predicted octanol–water partition coefficient (Wildman–Crippen LogP) is 5.22. The van der Waals surface area contributed by atoms with Gasteiger partial charge in [-0.2, -0.15) is 5.26 Å². The van der Waals surface area contributed by atoms with Gasteiger partial charge in [0.1, 0.15) is 29.7 Å². The van der Waals surface area contributed by atoms with Gasteiger partial charge >= 0.3 is 0 Å². The minimum atomic E-state index is -0.470. The maximum Gasteiger partial charge on any atom is 0.266 e. The largest absolute Gasteiger partial charge is 0.494 e. The molecule has 6 nitrogen and oxygen atoms in total. The standard InChI is InChI=1S/C26H25N3O3/c1-4-31-24-10-8-22(9-11-24)29-26(30)21(16-27)15-20-13-18(2)25(19(3)14-20)32-17-23-7-5-6-12-28-23/h5-15H,4,17H2,1-3H3,(H,29,30)/b21-15+. The molecule has 6 heteroatoms. The van der Waals surface area contributed by atoms with Crippen molar-refractivity contribution in [2.24, 2.45) is 0 Å². The molecule has 32 heavy (non-hydrogen) atoms. The lowest BCUT2D eigenvalue weighted by atomic mass is 10.0. The van der Waals surface area contributed by atoms with Crippen LogP contribution in [-0.4, -0.2) is 17.5 Å². The van der Waals surface area contributed by atoms with E-state index in [-0.39, 0.29) is 5.57 Å². The van der Waals surface area contributed by atoms with Gasteiger partial charge in [-0.05, 0) is 92.1 Å². The summed E-state index contributed by atoms with van der Waals surface area (Å²) >= 11 is 0. The van der Waals surface area contributed by atoms with Crippen molar-refractivity contribution in [2.75, 3.05) is 11.9 Å². The van der Waals surface area contributed by atoms with E-state index in [1.165, 1.54) is 0 Å². The summed E-state index contributed by atoms with van der Waals surface area (Å²) in [7, 11) is 0. The first-order valence-electron chi connectivity index (χ1n) is 10.3. The molecule has 0 aliphatic carbocycles. The zero-order valence-electron chi connectivity index (χ0n) is 18.4. The van der Waals surface area contributed by atoms with E-state index in [0.29, 0.717) is 18.9 Å². The van der Waals surface area contributed by atoms with Gasteiger partial charge in [0.2, 0.25) is 0 Å². The summed E-state index contributed by atoms with van der Waals surface area (Å²) in [5.41, 5.74) is 4.02. The summed E-state index contributed by atoms with van der Waals surface area (Å²) in [5.74, 6) is 1.02. The van der Waals surface area contributed by atoms with Gasteiger partial charge in [0, 0.05) is 11.9 Å². The topological polar surface area (TPSA) is 84.2 Å². The fraction of sp³-hybridized carbons (Fsp3) is 0.192. The van der Waals surface area contributed by atoms with Crippen LogP contribution in [0.1, 0.15) is 29.3 Å². The Kier molecular flexibility index (Phi) is 7.60. The number of carbonyl (C=O) groups is 1. The van der Waals surface area contributed by atoms with Gasteiger partial charge in [-0.25, -0.2) is 0 Å². The minimum Gasteiger partial charge on any atom is -0.494 e. The van der Waals surface area contributed by atoms with Gasteiger partial charge in [-0.15, -0.1) is 0 Å². The monoisotopic (exact) mass is 427 g/mol. The third-order valence-electron chi connectivity index (χ3n) is 4.67. The smallest absolute Gasteiger partial charge is 0.266 e. The first-order valence-corrected chi connectivity index (χ1v) is 10.3. The molecule has 1 heterocycles. The van der Waals surface area contributed by atoms with Crippen LogP contribution in [-0.2, 0) is 11.4 Å². The third-order valence-corrected chi connectivity index (χ3v) is 4.67. The van der Waals surface area contributed by atoms with Crippen molar-refractivity contribution < 1.29 is 14.3 Å². The summed E-state index contributed by atoms with van der Waals surface area (Å²) in [6, 6.07) is 18.5. The Morgan fingerprint density at radius 1 is 1.09 bits per heavy atom. The second kappa shape index (κ2) is 10.8. The van der Waals surface area contributed by atoms with E-state index in [4.69, 9.17) is 9.47 Å². The van der Waals surface area contributed by atoms with Crippen molar-refractivity contribution in [1.82, 2.24) is 4.98 Å². The zero-order valence-corrected chi connectivity index (χ0v) is 18.4. The van der Waals surface area contributed by atoms with Crippen LogP contribution in [0.4, 0.5) is 5.69 Å². The van der Waals surface area contributed by atoms with Crippen molar-refractivity contribution in [3.8, 4) is 17.6 Å². The van der Waals surface area contributed by atoms with E-state index in [9.17, 15) is 10.1 Å². The first kappa shape index (κ1) is 22.6. The van der Waals surface area contributed by atoms with E-state index in [2.05, 4.69) is 10.3 Å². The quantitative estimate of drug-likeness (QED) is 0.393. The van der Waals surface area contributed by atoms with Crippen LogP contribution < -0.4 is 14.8 Å². The van der Waals surface area contributed by atoms with Crippen LogP contribution in [0, 0.1) is 25.2 Å². The van der Waals surface area contributed by atoms with Crippen LogP contribution in [0.2, 0.25) is 0 Å². The Morgan fingerprint density at radius 2 is 1.81 bits per heavy atom. The van der Waals surface area contributed by atoms with Crippen LogP contribution in [0.25, 0.3) is 6.08 Å². The number of nitrogens with zero attached hydrogens (tertiary/aromatic N) is 2. The number of nitrogens with one attached hydrogen (secondary N) is 1. The maximum absolute atomic E-state index is 12.6. The zero-order chi connectivity index (χ0) is 22.9. The van der Waals surface area contributed by atoms with Gasteiger partial charge in [-0.1, -0.05) is 6.07 Å². The summed E-state index contributed by atoms with van der Waals surface area (Å²) in [6.45, 7) is 6.71. The van der Waals surface area contributed by atoms with E-state index >= 15 is 0 Å². The third kappa shape index (κ3) is 5.96. The van der Waals surface area contributed by atoms with Crippen molar-refractivity contribution in [2.45, 2.75) is 27.4 Å². The van der Waals surface area contributed by atoms with Crippen molar-refractivity contribution in [3.63, 3.8) is 0 Å². The summed E-state index contributed by atoms with van der Waals surface area (Å²) in [6.07, 6.45) is 3.31. The molecule has 2 aromatic carbocycles. The lowest BCUT2D eigenvalue weighted by molar-refractivity contribution is -0.112. The number of nitriles is 1. The molecule has 0 atom stereocenters. The number of amides is 1. The Morgan fingerprint density at radius 3 is 2.41 bits per heavy atom. The molecule has 0 bridgehead atoms. The van der Waals surface area contributed by atoms with Crippen LogP contribution in [0.3, 0.4) is 0 Å². The molecule has 1 N–H and O–H groups in total. The average molecular weight is 428 g/mol. The van der Waals surface area contributed by atoms with Crippen molar-refractivity contribution in [1.29, 1.82) is 5.26 Å². The van der Waals surface area contributed by atoms with E-state index < -0.39 is 5.91 Å². The van der Waals surface area contributed by atoms with Gasteiger partial charge in [-0.3, -0.25) is 9.78 Å². The average Bonchev–Trinajstić information content (AvgIpc) is 2.79. The Labute approximate surface area is 188 Å². The molecular weight excluding hydrogens is 402 g/mol. The highest BCUT2D eigenvalue weighted by Gasteiger charge is 2.12. The van der Waals surface area contributed by atoms with Crippen LogP contribution in [0.15, 0.2) is 66.4 Å². The Hall–Kier alpha value is -4.11. The second-order valence-electron chi connectivity index (χ2n) is 7.17. The number of anilines is 1. The lowest BCUT2D eigenvalue weighted by Gasteiger charge is -2.13. The van der Waals surface area contributed by atoms with E-state index in [0.717, 1.165) is 33.9 Å². The van der Waals surface area contributed by atoms with Gasteiger partial charge in [0.05, 0.1) is 12.3 Å². The van der Waals surface area contributed by atoms with E-state index in [1.807, 2.05) is 57.2 Å². The highest BCUT2D eigenvalue weighted by molar-refractivity contribution is 6.09. The molecule has 0 aliphatic heterocycles. The fourth-order valence-electron chi connectivity index (χ4n) is 3.24. The minimum absolute atomic E-state index is 0.0137. The molecule has 0 spiro atoms. The number of carbonyl (C=O) groups excluding carboxylic acids is 1. The molecule has 162 valence electrons. The van der Waals surface area contributed by atoms with Crippen molar-refractivity contribution in [3.05, 3.63) is 88.8 Å². The molecule has 0 fully saturated rings. The first-order chi connectivity index (χ1) is 15.5. The number of hydrogen-bond acceptors (Lipinski definition) is 5. The number of aromatic nitrogens is 1. The molecule has 0 saturated heterocycles. The molecule has 0 unspecified atom stereocenters. The molecule has 0 radical (unpaired) electrons. The molecule has 3 aromatic rings. The number of benzene rings is 2. The number of rotatable bonds is 8. The predicted molar refractivity (Wildman–Crippen MR) is 124 cm³/mol. The normalized spacial score (nSPS) is 10.9. The molecule has 0 aliphatic rings. The maximum atomic E-state index is 12.6. The van der Waals surface area contributed by atoms with Crippen LogP contribution >= 0.6 is 0 Å². The van der Waals surface area contributed by atoms with E-state index in [1.54, 1.807) is 36.5 Å². The number of pyridine rings is 1. The molecule has 1 aromatic heterocycles. The molecular formula is C26H25N3O3. The Bertz CT molecular complexity index is 1120. The SMILES string of the molecule is CCOc1ccc(NC(=O)/C(C#N)=C/c2cc(C)c(OCc3ccccn3)c(C)c2)cc1. The second-order valence-corrected chi connectivity index (χ2v) is 7.17. The van der Waals surface area contributed by atoms with Gasteiger partial charge in [0.25, 0.3) is 5.91 Å². The highest BCUT2D eigenvalue weighted by atomic mass is 16.5. The Balaban J connectivity index is 1.73. The molecule has 3 rings (SSSR count). The fourth-order valence-corrected chi connectivity index (χ4v) is 3.24. The lowest BCUT2D eigenvalue weighted by Crippen LogP contribution is -2.13. The van der Waals surface area contributed by atoms with Gasteiger partial charge < -0.3 is 14.8 Å². The number of hydrogen-bond donors (Lipinski definition) is 1. The molecule has 0 saturated carbocycles. The molecule has 1 amide bonds. The van der Waals surface area contributed by atoms with Gasteiger partial charge in [0.15, 0.2) is 0 Å². The highest BCUT2D eigenvalue weighted by Crippen LogP contribution is 2.27.